The van der Waals surface area contributed by atoms with Crippen molar-refractivity contribution in [1.29, 1.82) is 0 Å². The number of nitrogens with zero attached hydrogens (tertiary/aromatic N) is 3. The van der Waals surface area contributed by atoms with E-state index < -0.39 is 10.8 Å². The van der Waals surface area contributed by atoms with Crippen LogP contribution in [0.1, 0.15) is 10.5 Å². The Morgan fingerprint density at radius 3 is 2.79 bits per heavy atom. The summed E-state index contributed by atoms with van der Waals surface area (Å²) in [6.45, 7) is 0. The van der Waals surface area contributed by atoms with Gasteiger partial charge in [-0.2, -0.15) is 5.10 Å². The van der Waals surface area contributed by atoms with E-state index in [1.807, 2.05) is 0 Å². The molecule has 1 amide bonds. The summed E-state index contributed by atoms with van der Waals surface area (Å²) >= 11 is 0. The first kappa shape index (κ1) is 17.9. The molecule has 0 unspecified atom stereocenters. The van der Waals surface area contributed by atoms with Crippen LogP contribution in [0.15, 0.2) is 71.6 Å². The fraction of sp³-hybridized carbons (Fsp3) is 0. The predicted octanol–water partition coefficient (Wildman–Crippen LogP) is 4.02. The number of aromatic nitrogens is 3. The van der Waals surface area contributed by atoms with E-state index in [1.54, 1.807) is 30.5 Å². The smallest absolute Gasteiger partial charge is 0.276 e. The molecule has 0 aliphatic heterocycles. The molecule has 3 heterocycles. The lowest BCUT2D eigenvalue weighted by Crippen LogP contribution is -2.12. The van der Waals surface area contributed by atoms with E-state index in [1.165, 1.54) is 36.7 Å². The Hall–Kier alpha value is -4.47. The van der Waals surface area contributed by atoms with Gasteiger partial charge in [0.05, 0.1) is 29.1 Å². The van der Waals surface area contributed by atoms with Gasteiger partial charge >= 0.3 is 0 Å². The number of aromatic amines is 1. The summed E-state index contributed by atoms with van der Waals surface area (Å²) in [6, 6.07) is 12.2. The number of H-pyrrole nitrogens is 1. The van der Waals surface area contributed by atoms with E-state index in [9.17, 15) is 14.9 Å². The molecule has 0 radical (unpaired) electrons. The normalized spacial score (nSPS) is 10.5. The third kappa shape index (κ3) is 4.11. The lowest BCUT2D eigenvalue weighted by Gasteiger charge is -2.08. The van der Waals surface area contributed by atoms with Crippen LogP contribution in [0.2, 0.25) is 0 Å². The molecule has 0 aliphatic rings. The molecule has 29 heavy (non-hydrogen) atoms. The minimum Gasteiger partial charge on any atom is -0.463 e. The Bertz CT molecular complexity index is 1150. The zero-order valence-electron chi connectivity index (χ0n) is 14.7. The van der Waals surface area contributed by atoms with Crippen molar-refractivity contribution in [3.8, 4) is 23.0 Å². The minimum atomic E-state index is -0.574. The highest BCUT2D eigenvalue weighted by atomic mass is 16.6. The number of amides is 1. The number of nitro benzene ring substituents is 1. The van der Waals surface area contributed by atoms with Gasteiger partial charge in [-0.15, -0.1) is 0 Å². The van der Waals surface area contributed by atoms with Crippen LogP contribution in [0, 0.1) is 10.1 Å². The standard InChI is InChI=1S/C19H13N5O5/c25-19(17-10-16(22-23-17)18-4-2-6-28-18)21-12-7-13(24(26)27)9-15(8-12)29-14-3-1-5-20-11-14/h1-11H,(H,21,25)(H,22,23). The largest absolute Gasteiger partial charge is 0.463 e. The lowest BCUT2D eigenvalue weighted by molar-refractivity contribution is -0.384. The summed E-state index contributed by atoms with van der Waals surface area (Å²) in [5.41, 5.74) is 0.572. The second-order valence-electron chi connectivity index (χ2n) is 5.86. The second-order valence-corrected chi connectivity index (χ2v) is 5.86. The SMILES string of the molecule is O=C(Nc1cc(Oc2cccnc2)cc([N+](=O)[O-])c1)c1cc(-c2ccco2)[nH]n1. The maximum atomic E-state index is 12.5. The van der Waals surface area contributed by atoms with Crippen molar-refractivity contribution in [2.75, 3.05) is 5.32 Å². The molecule has 144 valence electrons. The third-order valence-electron chi connectivity index (χ3n) is 3.83. The molecular formula is C19H13N5O5. The number of hydrogen-bond acceptors (Lipinski definition) is 7. The monoisotopic (exact) mass is 391 g/mol. The molecule has 2 N–H and O–H groups in total. The van der Waals surface area contributed by atoms with Crippen molar-refractivity contribution < 1.29 is 18.9 Å². The average Bonchev–Trinajstić information content (AvgIpc) is 3.40. The number of carbonyl (C=O) groups excluding carboxylic acids is 1. The molecular weight excluding hydrogens is 378 g/mol. The maximum Gasteiger partial charge on any atom is 0.276 e. The highest BCUT2D eigenvalue weighted by Gasteiger charge is 2.16. The number of furan rings is 1. The molecule has 0 saturated carbocycles. The topological polar surface area (TPSA) is 136 Å². The number of benzene rings is 1. The first-order valence-electron chi connectivity index (χ1n) is 8.36. The highest BCUT2D eigenvalue weighted by Crippen LogP contribution is 2.29. The molecule has 3 aromatic heterocycles. The Labute approximate surface area is 163 Å². The molecule has 0 saturated heterocycles. The summed E-state index contributed by atoms with van der Waals surface area (Å²) in [5.74, 6) is 0.562. The van der Waals surface area contributed by atoms with Gasteiger partial charge in [0.1, 0.15) is 17.2 Å². The van der Waals surface area contributed by atoms with E-state index in [-0.39, 0.29) is 22.8 Å². The van der Waals surface area contributed by atoms with E-state index in [0.29, 0.717) is 17.2 Å². The van der Waals surface area contributed by atoms with Gasteiger partial charge in [-0.1, -0.05) is 0 Å². The van der Waals surface area contributed by atoms with Crippen LogP contribution in [0.4, 0.5) is 11.4 Å². The van der Waals surface area contributed by atoms with Crippen LogP contribution in [0.25, 0.3) is 11.5 Å². The Morgan fingerprint density at radius 2 is 2.07 bits per heavy atom. The van der Waals surface area contributed by atoms with Crippen LogP contribution in [-0.2, 0) is 0 Å². The molecule has 4 aromatic rings. The number of nitro groups is 1. The number of pyridine rings is 1. The summed E-state index contributed by atoms with van der Waals surface area (Å²) in [7, 11) is 0. The number of anilines is 1. The Kier molecular flexibility index (Phi) is 4.72. The average molecular weight is 391 g/mol. The van der Waals surface area contributed by atoms with E-state index in [0.717, 1.165) is 0 Å². The minimum absolute atomic E-state index is 0.0950. The van der Waals surface area contributed by atoms with E-state index in [4.69, 9.17) is 9.15 Å². The van der Waals surface area contributed by atoms with Gasteiger partial charge in [0.2, 0.25) is 0 Å². The van der Waals surface area contributed by atoms with E-state index >= 15 is 0 Å². The maximum absolute atomic E-state index is 12.5. The van der Waals surface area contributed by atoms with Crippen LogP contribution >= 0.6 is 0 Å². The Balaban J connectivity index is 1.57. The molecule has 4 rings (SSSR count). The van der Waals surface area contributed by atoms with Crippen molar-refractivity contribution in [2.24, 2.45) is 0 Å². The number of carbonyl (C=O) groups is 1. The van der Waals surface area contributed by atoms with Crippen molar-refractivity contribution in [3.63, 3.8) is 0 Å². The first-order chi connectivity index (χ1) is 14.1. The van der Waals surface area contributed by atoms with Gasteiger partial charge in [-0.25, -0.2) is 0 Å². The van der Waals surface area contributed by atoms with Crippen molar-refractivity contribution in [1.82, 2.24) is 15.2 Å². The predicted molar refractivity (Wildman–Crippen MR) is 102 cm³/mol. The molecule has 0 fully saturated rings. The number of ether oxygens (including phenoxy) is 1. The zero-order chi connectivity index (χ0) is 20.2. The van der Waals surface area contributed by atoms with Gasteiger partial charge in [0.15, 0.2) is 11.5 Å². The molecule has 10 nitrogen and oxygen atoms in total. The third-order valence-corrected chi connectivity index (χ3v) is 3.83. The summed E-state index contributed by atoms with van der Waals surface area (Å²) in [5, 5.41) is 20.5. The molecule has 0 bridgehead atoms. The first-order valence-corrected chi connectivity index (χ1v) is 8.36. The van der Waals surface area contributed by atoms with Gasteiger partial charge in [-0.3, -0.25) is 25.0 Å². The molecule has 0 atom stereocenters. The highest BCUT2D eigenvalue weighted by molar-refractivity contribution is 6.03. The number of rotatable bonds is 6. The van der Waals surface area contributed by atoms with Gasteiger partial charge in [-0.05, 0) is 24.3 Å². The molecule has 0 aliphatic carbocycles. The van der Waals surface area contributed by atoms with Crippen LogP contribution in [0.3, 0.4) is 0 Å². The zero-order valence-corrected chi connectivity index (χ0v) is 14.7. The summed E-state index contributed by atoms with van der Waals surface area (Å²) < 4.78 is 10.8. The van der Waals surface area contributed by atoms with Gasteiger partial charge in [0.25, 0.3) is 11.6 Å². The number of nitrogens with one attached hydrogen (secondary N) is 2. The van der Waals surface area contributed by atoms with Crippen molar-refractivity contribution in [2.45, 2.75) is 0 Å². The van der Waals surface area contributed by atoms with Crippen LogP contribution in [-0.4, -0.2) is 26.0 Å². The van der Waals surface area contributed by atoms with Crippen LogP contribution in [0.5, 0.6) is 11.5 Å². The van der Waals surface area contributed by atoms with Crippen LogP contribution < -0.4 is 10.1 Å². The second kappa shape index (κ2) is 7.64. The fourth-order valence-corrected chi connectivity index (χ4v) is 2.55. The molecule has 10 heteroatoms. The van der Waals surface area contributed by atoms with Crippen molar-refractivity contribution in [3.05, 3.63) is 83.0 Å². The van der Waals surface area contributed by atoms with Crippen molar-refractivity contribution >= 4 is 17.3 Å². The van der Waals surface area contributed by atoms with E-state index in [2.05, 4.69) is 20.5 Å². The quantitative estimate of drug-likeness (QED) is 0.374. The number of non-ortho nitro benzene ring substituents is 1. The number of hydrogen-bond donors (Lipinski definition) is 2. The summed E-state index contributed by atoms with van der Waals surface area (Å²) in [6.07, 6.45) is 4.55. The van der Waals surface area contributed by atoms with Gasteiger partial charge in [0, 0.05) is 24.4 Å². The Morgan fingerprint density at radius 1 is 1.17 bits per heavy atom. The fourth-order valence-electron chi connectivity index (χ4n) is 2.55. The van der Waals surface area contributed by atoms with Gasteiger partial charge < -0.3 is 14.5 Å². The molecule has 1 aromatic carbocycles. The summed E-state index contributed by atoms with van der Waals surface area (Å²) in [4.78, 5) is 27.1. The molecule has 0 spiro atoms. The lowest BCUT2D eigenvalue weighted by atomic mass is 10.2.